The first kappa shape index (κ1) is 13.6. The third-order valence-corrected chi connectivity index (χ3v) is 3.89. The zero-order chi connectivity index (χ0) is 15.8. The molecule has 0 amide bonds. The molecule has 0 aliphatic rings. The highest BCUT2D eigenvalue weighted by molar-refractivity contribution is 6.06. The summed E-state index contributed by atoms with van der Waals surface area (Å²) >= 11 is 0. The van der Waals surface area contributed by atoms with Gasteiger partial charge in [0.15, 0.2) is 0 Å². The van der Waals surface area contributed by atoms with E-state index in [0.717, 1.165) is 27.6 Å². The molecule has 4 heteroatoms. The van der Waals surface area contributed by atoms with E-state index in [-0.39, 0.29) is 11.6 Å². The van der Waals surface area contributed by atoms with Crippen LogP contribution in [0.3, 0.4) is 0 Å². The van der Waals surface area contributed by atoms with Crippen molar-refractivity contribution in [2.24, 2.45) is 0 Å². The van der Waals surface area contributed by atoms with Crippen molar-refractivity contribution in [3.05, 3.63) is 72.0 Å². The van der Waals surface area contributed by atoms with Gasteiger partial charge in [0, 0.05) is 28.6 Å². The summed E-state index contributed by atoms with van der Waals surface area (Å²) in [7, 11) is 0. The van der Waals surface area contributed by atoms with E-state index < -0.39 is 0 Å². The van der Waals surface area contributed by atoms with Crippen molar-refractivity contribution in [2.75, 3.05) is 5.32 Å². The van der Waals surface area contributed by atoms with E-state index in [9.17, 15) is 9.50 Å². The molecule has 0 saturated heterocycles. The van der Waals surface area contributed by atoms with Gasteiger partial charge in [0.2, 0.25) is 0 Å². The molecule has 0 fully saturated rings. The van der Waals surface area contributed by atoms with E-state index in [2.05, 4.69) is 5.32 Å². The largest absolute Gasteiger partial charge is 0.508 e. The number of nitrogens with one attached hydrogen (secondary N) is 1. The highest BCUT2D eigenvalue weighted by atomic mass is 19.1. The predicted molar refractivity (Wildman–Crippen MR) is 89.1 cm³/mol. The lowest BCUT2D eigenvalue weighted by atomic mass is 10.1. The van der Waals surface area contributed by atoms with Gasteiger partial charge in [0.1, 0.15) is 22.7 Å². The lowest BCUT2D eigenvalue weighted by Gasteiger charge is -2.07. The highest BCUT2D eigenvalue weighted by Crippen LogP contribution is 2.32. The van der Waals surface area contributed by atoms with Crippen molar-refractivity contribution in [1.29, 1.82) is 0 Å². The van der Waals surface area contributed by atoms with Crippen molar-refractivity contribution < 1.29 is 13.9 Å². The van der Waals surface area contributed by atoms with Crippen LogP contribution in [0.2, 0.25) is 0 Å². The standard InChI is InChI=1S/C19H14FNO2/c20-17-4-2-1-3-12(17)11-21-13-5-7-18-15(9-13)16-10-14(22)6-8-19(16)23-18/h1-10,21-22H,11H2. The molecule has 0 spiro atoms. The molecule has 0 radical (unpaired) electrons. The summed E-state index contributed by atoms with van der Waals surface area (Å²) in [6.07, 6.45) is 0. The molecule has 0 unspecified atom stereocenters. The number of benzene rings is 3. The third kappa shape index (κ3) is 2.48. The molecule has 0 atom stereocenters. The molecule has 2 N–H and O–H groups in total. The second-order valence-corrected chi connectivity index (χ2v) is 5.44. The summed E-state index contributed by atoms with van der Waals surface area (Å²) in [6.45, 7) is 0.402. The van der Waals surface area contributed by atoms with Gasteiger partial charge in [-0.15, -0.1) is 0 Å². The van der Waals surface area contributed by atoms with Crippen LogP contribution >= 0.6 is 0 Å². The van der Waals surface area contributed by atoms with E-state index in [1.807, 2.05) is 24.3 Å². The van der Waals surface area contributed by atoms with Gasteiger partial charge in [-0.1, -0.05) is 18.2 Å². The molecule has 1 heterocycles. The van der Waals surface area contributed by atoms with Crippen LogP contribution in [-0.4, -0.2) is 5.11 Å². The first-order valence-electron chi connectivity index (χ1n) is 7.33. The second kappa shape index (κ2) is 5.32. The minimum absolute atomic E-state index is 0.199. The smallest absolute Gasteiger partial charge is 0.135 e. The van der Waals surface area contributed by atoms with Gasteiger partial charge in [-0.25, -0.2) is 4.39 Å². The average Bonchev–Trinajstić information content (AvgIpc) is 2.91. The number of halogens is 1. The first-order valence-corrected chi connectivity index (χ1v) is 7.33. The molecular formula is C19H14FNO2. The molecule has 3 aromatic carbocycles. The Morgan fingerprint density at radius 3 is 2.48 bits per heavy atom. The first-order chi connectivity index (χ1) is 11.2. The Morgan fingerprint density at radius 2 is 1.65 bits per heavy atom. The number of phenols is 1. The third-order valence-electron chi connectivity index (χ3n) is 3.89. The summed E-state index contributed by atoms with van der Waals surface area (Å²) in [4.78, 5) is 0. The van der Waals surface area contributed by atoms with Crippen LogP contribution in [0.25, 0.3) is 21.9 Å². The van der Waals surface area contributed by atoms with E-state index in [1.54, 1.807) is 30.3 Å². The summed E-state index contributed by atoms with van der Waals surface area (Å²) in [5.41, 5.74) is 2.96. The minimum Gasteiger partial charge on any atom is -0.508 e. The Morgan fingerprint density at radius 1 is 0.913 bits per heavy atom. The lowest BCUT2D eigenvalue weighted by molar-refractivity contribution is 0.476. The monoisotopic (exact) mass is 307 g/mol. The molecule has 23 heavy (non-hydrogen) atoms. The molecule has 0 aliphatic carbocycles. The van der Waals surface area contributed by atoms with Crippen LogP contribution in [0.15, 0.2) is 65.1 Å². The fourth-order valence-corrected chi connectivity index (χ4v) is 2.71. The SMILES string of the molecule is Oc1ccc2oc3ccc(NCc4ccccc4F)cc3c2c1. The van der Waals surface area contributed by atoms with Crippen LogP contribution in [0.5, 0.6) is 5.75 Å². The van der Waals surface area contributed by atoms with Crippen LogP contribution in [0.1, 0.15) is 5.56 Å². The Kier molecular flexibility index (Phi) is 3.15. The maximum Gasteiger partial charge on any atom is 0.135 e. The number of furan rings is 1. The molecule has 1 aromatic heterocycles. The zero-order valence-corrected chi connectivity index (χ0v) is 12.2. The van der Waals surface area contributed by atoms with Crippen LogP contribution < -0.4 is 5.32 Å². The number of anilines is 1. The van der Waals surface area contributed by atoms with Crippen molar-refractivity contribution in [2.45, 2.75) is 6.54 Å². The number of hydrogen-bond donors (Lipinski definition) is 2. The summed E-state index contributed by atoms with van der Waals surface area (Å²) in [5, 5.41) is 14.6. The van der Waals surface area contributed by atoms with E-state index in [1.165, 1.54) is 6.07 Å². The van der Waals surface area contributed by atoms with Gasteiger partial charge in [0.05, 0.1) is 0 Å². The average molecular weight is 307 g/mol. The molecule has 0 aliphatic heterocycles. The van der Waals surface area contributed by atoms with E-state index in [4.69, 9.17) is 4.42 Å². The fraction of sp³-hybridized carbons (Fsp3) is 0.0526. The molecule has 3 nitrogen and oxygen atoms in total. The van der Waals surface area contributed by atoms with Crippen LogP contribution in [-0.2, 0) is 6.54 Å². The lowest BCUT2D eigenvalue weighted by Crippen LogP contribution is -2.01. The van der Waals surface area contributed by atoms with Crippen molar-refractivity contribution in [3.8, 4) is 5.75 Å². The summed E-state index contributed by atoms with van der Waals surface area (Å²) in [6, 6.07) is 17.4. The van der Waals surface area contributed by atoms with Gasteiger partial charge in [-0.05, 0) is 42.5 Å². The maximum absolute atomic E-state index is 13.7. The molecule has 0 bridgehead atoms. The molecule has 0 saturated carbocycles. The number of fused-ring (bicyclic) bond motifs is 3. The Labute approximate surface area is 132 Å². The van der Waals surface area contributed by atoms with Gasteiger partial charge >= 0.3 is 0 Å². The molecule has 4 rings (SSSR count). The number of aromatic hydroxyl groups is 1. The van der Waals surface area contributed by atoms with Gasteiger partial charge < -0.3 is 14.8 Å². The van der Waals surface area contributed by atoms with Gasteiger partial charge in [-0.3, -0.25) is 0 Å². The normalized spacial score (nSPS) is 11.2. The Balaban J connectivity index is 1.69. The quantitative estimate of drug-likeness (QED) is 0.557. The Bertz CT molecular complexity index is 1010. The topological polar surface area (TPSA) is 45.4 Å². The molecule has 4 aromatic rings. The Hall–Kier alpha value is -3.01. The maximum atomic E-state index is 13.7. The molecular weight excluding hydrogens is 293 g/mol. The number of hydrogen-bond acceptors (Lipinski definition) is 3. The number of phenolic OH excluding ortho intramolecular Hbond substituents is 1. The molecule has 114 valence electrons. The van der Waals surface area contributed by atoms with Gasteiger partial charge in [-0.2, -0.15) is 0 Å². The fourth-order valence-electron chi connectivity index (χ4n) is 2.71. The van der Waals surface area contributed by atoms with Gasteiger partial charge in [0.25, 0.3) is 0 Å². The zero-order valence-electron chi connectivity index (χ0n) is 12.2. The van der Waals surface area contributed by atoms with Crippen LogP contribution in [0.4, 0.5) is 10.1 Å². The highest BCUT2D eigenvalue weighted by Gasteiger charge is 2.08. The number of rotatable bonds is 3. The van der Waals surface area contributed by atoms with Crippen molar-refractivity contribution in [3.63, 3.8) is 0 Å². The minimum atomic E-state index is -0.222. The van der Waals surface area contributed by atoms with Crippen molar-refractivity contribution in [1.82, 2.24) is 0 Å². The van der Waals surface area contributed by atoms with Crippen LogP contribution in [0, 0.1) is 5.82 Å². The predicted octanol–water partition coefficient (Wildman–Crippen LogP) is 5.04. The van der Waals surface area contributed by atoms with E-state index >= 15 is 0 Å². The summed E-state index contributed by atoms with van der Waals surface area (Å²) in [5.74, 6) is -0.0234. The van der Waals surface area contributed by atoms with Crippen molar-refractivity contribution >= 4 is 27.6 Å². The summed E-state index contributed by atoms with van der Waals surface area (Å²) < 4.78 is 19.4. The second-order valence-electron chi connectivity index (χ2n) is 5.44. The van der Waals surface area contributed by atoms with E-state index in [0.29, 0.717) is 12.1 Å².